The van der Waals surface area contributed by atoms with Crippen molar-refractivity contribution >= 4 is 22.8 Å². The molecule has 0 spiro atoms. The SMILES string of the molecule is CCCN(C(=O)CCC(=O)OCC)C(CC)c1nc2ccccc2c(=O)n1CCOC. The molecule has 0 saturated carbocycles. The van der Waals surface area contributed by atoms with Gasteiger partial charge in [0.15, 0.2) is 0 Å². The first-order valence-corrected chi connectivity index (χ1v) is 10.9. The number of benzene rings is 1. The number of carbonyl (C=O) groups excluding carboxylic acids is 2. The molecule has 1 unspecified atom stereocenters. The number of fused-ring (bicyclic) bond motifs is 1. The van der Waals surface area contributed by atoms with Gasteiger partial charge in [-0.15, -0.1) is 0 Å². The Bertz CT molecular complexity index is 940. The number of esters is 1. The van der Waals surface area contributed by atoms with Crippen LogP contribution < -0.4 is 5.56 Å². The maximum Gasteiger partial charge on any atom is 0.306 e. The number of amides is 1. The summed E-state index contributed by atoms with van der Waals surface area (Å²) in [6.45, 7) is 7.19. The summed E-state index contributed by atoms with van der Waals surface area (Å²) >= 11 is 0. The van der Waals surface area contributed by atoms with E-state index in [-0.39, 0.29) is 42.9 Å². The lowest BCUT2D eigenvalue weighted by Gasteiger charge is -2.32. The number of carbonyl (C=O) groups is 2. The van der Waals surface area contributed by atoms with Crippen molar-refractivity contribution in [2.24, 2.45) is 0 Å². The molecule has 170 valence electrons. The van der Waals surface area contributed by atoms with Gasteiger partial charge in [-0.05, 0) is 31.9 Å². The van der Waals surface area contributed by atoms with Crippen LogP contribution >= 0.6 is 0 Å². The van der Waals surface area contributed by atoms with Crippen LogP contribution in [0.1, 0.15) is 58.3 Å². The molecule has 0 N–H and O–H groups in total. The average molecular weight is 432 g/mol. The maximum atomic E-state index is 13.2. The van der Waals surface area contributed by atoms with Gasteiger partial charge in [-0.25, -0.2) is 4.98 Å². The molecule has 1 atom stereocenters. The largest absolute Gasteiger partial charge is 0.466 e. The minimum atomic E-state index is -0.388. The lowest BCUT2D eigenvalue weighted by molar-refractivity contribution is -0.146. The Hall–Kier alpha value is -2.74. The van der Waals surface area contributed by atoms with Crippen LogP contribution in [0.25, 0.3) is 10.9 Å². The molecule has 0 aliphatic carbocycles. The molecule has 1 aromatic heterocycles. The smallest absolute Gasteiger partial charge is 0.306 e. The molecule has 0 bridgehead atoms. The molecule has 1 aromatic carbocycles. The minimum absolute atomic E-state index is 0.0327. The molecular weight excluding hydrogens is 398 g/mol. The van der Waals surface area contributed by atoms with Gasteiger partial charge in [0.25, 0.3) is 5.56 Å². The van der Waals surface area contributed by atoms with E-state index >= 15 is 0 Å². The molecule has 1 amide bonds. The third-order valence-electron chi connectivity index (χ3n) is 5.10. The molecular formula is C23H33N3O5. The van der Waals surface area contributed by atoms with Crippen molar-refractivity contribution in [3.63, 3.8) is 0 Å². The van der Waals surface area contributed by atoms with E-state index in [2.05, 4.69) is 0 Å². The van der Waals surface area contributed by atoms with Crippen molar-refractivity contribution < 1.29 is 19.1 Å². The molecule has 8 heteroatoms. The van der Waals surface area contributed by atoms with Gasteiger partial charge in [-0.1, -0.05) is 26.0 Å². The molecule has 0 saturated heterocycles. The summed E-state index contributed by atoms with van der Waals surface area (Å²) in [6, 6.07) is 6.83. The molecule has 0 radical (unpaired) electrons. The number of methoxy groups -OCH3 is 1. The van der Waals surface area contributed by atoms with Crippen molar-refractivity contribution in [3.05, 3.63) is 40.4 Å². The zero-order valence-electron chi connectivity index (χ0n) is 18.9. The highest BCUT2D eigenvalue weighted by Crippen LogP contribution is 2.25. The molecule has 0 aliphatic heterocycles. The first-order chi connectivity index (χ1) is 15.0. The summed E-state index contributed by atoms with van der Waals surface area (Å²) in [5, 5.41) is 0.535. The fourth-order valence-corrected chi connectivity index (χ4v) is 3.66. The summed E-state index contributed by atoms with van der Waals surface area (Å²) < 4.78 is 11.8. The lowest BCUT2D eigenvalue weighted by Crippen LogP contribution is -2.39. The average Bonchev–Trinajstić information content (AvgIpc) is 2.77. The highest BCUT2D eigenvalue weighted by molar-refractivity contribution is 5.82. The van der Waals surface area contributed by atoms with E-state index < -0.39 is 0 Å². The number of hydrogen-bond donors (Lipinski definition) is 0. The summed E-state index contributed by atoms with van der Waals surface area (Å²) in [4.78, 5) is 44.5. The Labute approximate surface area is 183 Å². The van der Waals surface area contributed by atoms with Gasteiger partial charge < -0.3 is 14.4 Å². The second kappa shape index (κ2) is 12.2. The van der Waals surface area contributed by atoms with Crippen LogP contribution in [0.15, 0.2) is 29.1 Å². The number of rotatable bonds is 12. The van der Waals surface area contributed by atoms with Crippen LogP contribution in [0.2, 0.25) is 0 Å². The van der Waals surface area contributed by atoms with E-state index in [0.717, 1.165) is 6.42 Å². The van der Waals surface area contributed by atoms with Crippen LogP contribution in [0.4, 0.5) is 0 Å². The number of hydrogen-bond acceptors (Lipinski definition) is 6. The highest BCUT2D eigenvalue weighted by Gasteiger charge is 2.28. The third-order valence-corrected chi connectivity index (χ3v) is 5.10. The highest BCUT2D eigenvalue weighted by atomic mass is 16.5. The zero-order chi connectivity index (χ0) is 22.8. The van der Waals surface area contributed by atoms with Crippen LogP contribution in [-0.2, 0) is 25.6 Å². The Morgan fingerprint density at radius 1 is 1.16 bits per heavy atom. The Morgan fingerprint density at radius 3 is 2.55 bits per heavy atom. The number of ether oxygens (including phenoxy) is 2. The predicted octanol–water partition coefficient (Wildman–Crippen LogP) is 3.08. The molecule has 31 heavy (non-hydrogen) atoms. The van der Waals surface area contributed by atoms with Crippen molar-refractivity contribution in [2.45, 2.75) is 59.0 Å². The van der Waals surface area contributed by atoms with E-state index in [1.807, 2.05) is 26.0 Å². The quantitative estimate of drug-likeness (QED) is 0.480. The molecule has 0 fully saturated rings. The lowest BCUT2D eigenvalue weighted by atomic mass is 10.1. The maximum absolute atomic E-state index is 13.2. The Balaban J connectivity index is 2.47. The summed E-state index contributed by atoms with van der Waals surface area (Å²) in [7, 11) is 1.58. The molecule has 1 heterocycles. The van der Waals surface area contributed by atoms with Crippen LogP contribution in [0, 0.1) is 0 Å². The first-order valence-electron chi connectivity index (χ1n) is 10.9. The van der Waals surface area contributed by atoms with Gasteiger partial charge in [-0.2, -0.15) is 0 Å². The van der Waals surface area contributed by atoms with E-state index in [1.54, 1.807) is 35.6 Å². The number of para-hydroxylation sites is 1. The van der Waals surface area contributed by atoms with Gasteiger partial charge in [-0.3, -0.25) is 19.0 Å². The summed E-state index contributed by atoms with van der Waals surface area (Å²) in [5.74, 6) is 0.00446. The van der Waals surface area contributed by atoms with Crippen molar-refractivity contribution in [3.8, 4) is 0 Å². The topological polar surface area (TPSA) is 90.7 Å². The fourth-order valence-electron chi connectivity index (χ4n) is 3.66. The summed E-state index contributed by atoms with van der Waals surface area (Å²) in [6.07, 6.45) is 1.43. The van der Waals surface area contributed by atoms with Crippen molar-refractivity contribution in [1.82, 2.24) is 14.5 Å². The van der Waals surface area contributed by atoms with Crippen molar-refractivity contribution in [1.29, 1.82) is 0 Å². The van der Waals surface area contributed by atoms with Gasteiger partial charge in [0, 0.05) is 20.1 Å². The van der Waals surface area contributed by atoms with Gasteiger partial charge >= 0.3 is 5.97 Å². The van der Waals surface area contributed by atoms with Gasteiger partial charge in [0.05, 0.1) is 43.1 Å². The summed E-state index contributed by atoms with van der Waals surface area (Å²) in [5.41, 5.74) is 0.455. The number of aromatic nitrogens is 2. The predicted molar refractivity (Wildman–Crippen MR) is 119 cm³/mol. The fraction of sp³-hybridized carbons (Fsp3) is 0.565. The van der Waals surface area contributed by atoms with E-state index in [9.17, 15) is 14.4 Å². The molecule has 2 aromatic rings. The molecule has 2 rings (SSSR count). The monoisotopic (exact) mass is 431 g/mol. The second-order valence-corrected chi connectivity index (χ2v) is 7.25. The van der Waals surface area contributed by atoms with Crippen molar-refractivity contribution in [2.75, 3.05) is 26.9 Å². The molecule has 8 nitrogen and oxygen atoms in total. The van der Waals surface area contributed by atoms with E-state index in [0.29, 0.717) is 42.8 Å². The van der Waals surface area contributed by atoms with Gasteiger partial charge in [0.1, 0.15) is 5.82 Å². The minimum Gasteiger partial charge on any atom is -0.466 e. The Kier molecular flexibility index (Phi) is 9.65. The van der Waals surface area contributed by atoms with Gasteiger partial charge in [0.2, 0.25) is 5.91 Å². The van der Waals surface area contributed by atoms with E-state index in [1.165, 1.54) is 0 Å². The zero-order valence-corrected chi connectivity index (χ0v) is 18.9. The molecule has 0 aliphatic rings. The standard InChI is InChI=1S/C23H33N3O5/c1-5-14-25(20(27)12-13-21(28)31-7-3)19(6-2)22-24-18-11-9-8-10-17(18)23(29)26(22)15-16-30-4/h8-11,19H,5-7,12-16H2,1-4H3. The normalized spacial score (nSPS) is 12.0. The third kappa shape index (κ3) is 6.13. The van der Waals surface area contributed by atoms with Crippen LogP contribution in [0.5, 0.6) is 0 Å². The second-order valence-electron chi connectivity index (χ2n) is 7.25. The Morgan fingerprint density at radius 2 is 1.90 bits per heavy atom. The first kappa shape index (κ1) is 24.5. The van der Waals surface area contributed by atoms with Crippen LogP contribution in [-0.4, -0.2) is 53.2 Å². The number of nitrogens with zero attached hydrogens (tertiary/aromatic N) is 3. The van der Waals surface area contributed by atoms with Crippen LogP contribution in [0.3, 0.4) is 0 Å². The van der Waals surface area contributed by atoms with E-state index in [4.69, 9.17) is 14.5 Å².